The highest BCUT2D eigenvalue weighted by Gasteiger charge is 2.62. The summed E-state index contributed by atoms with van der Waals surface area (Å²) in [6.07, 6.45) is 5.16. The molecule has 0 aliphatic carbocycles. The van der Waals surface area contributed by atoms with Crippen LogP contribution in [0.25, 0.3) is 0 Å². The minimum atomic E-state index is -3.28. The average Bonchev–Trinajstić information content (AvgIpc) is 0.753. The van der Waals surface area contributed by atoms with Crippen molar-refractivity contribution < 1.29 is 129 Å². The Bertz CT molecular complexity index is 2300. The highest BCUT2D eigenvalue weighted by atomic mass is 16.8. The number of aliphatic carboxylic acids is 1. The topological polar surface area (TPSA) is 461 Å². The Morgan fingerprint density at radius 2 is 0.942 bits per heavy atom. The maximum absolute atomic E-state index is 13.6. The maximum Gasteiger partial charge on any atom is 0.364 e. The Hall–Kier alpha value is -3.22. The van der Waals surface area contributed by atoms with Crippen molar-refractivity contribution in [3.05, 3.63) is 12.2 Å². The van der Waals surface area contributed by atoms with Crippen LogP contribution >= 0.6 is 0 Å². The molecule has 0 bridgehead atoms. The molecule has 1 unspecified atom stereocenters. The maximum atomic E-state index is 13.6. The molecule has 0 aromatic carbocycles. The summed E-state index contributed by atoms with van der Waals surface area (Å²) in [5.74, 6) is -7.36. The summed E-state index contributed by atoms with van der Waals surface area (Å²) in [6.45, 7) is 1.77. The molecule has 4 aliphatic rings. The number of amides is 3. The van der Waals surface area contributed by atoms with Gasteiger partial charge in [0.05, 0.1) is 57.3 Å². The van der Waals surface area contributed by atoms with E-state index in [1.165, 1.54) is 154 Å². The molecule has 4 rings (SSSR count). The highest BCUT2D eigenvalue weighted by Crippen LogP contribution is 2.40. The number of aliphatic hydroxyl groups is 13. The van der Waals surface area contributed by atoms with E-state index in [1.807, 2.05) is 6.08 Å². The molecule has 4 saturated heterocycles. The smallest absolute Gasteiger partial charge is 0.364 e. The summed E-state index contributed by atoms with van der Waals surface area (Å²) in [5, 5.41) is 163. The van der Waals surface area contributed by atoms with Gasteiger partial charge < -0.3 is 125 Å². The van der Waals surface area contributed by atoms with E-state index in [-0.39, 0.29) is 12.3 Å². The number of carboxylic acid groups (broad SMARTS) is 1. The van der Waals surface area contributed by atoms with Gasteiger partial charge in [-0.2, -0.15) is 0 Å². The Morgan fingerprint density at radius 3 is 1.41 bits per heavy atom. The van der Waals surface area contributed by atoms with Crippen LogP contribution in [0, 0.1) is 0 Å². The number of hydrogen-bond acceptors (Lipinski definition) is 25. The fourth-order valence-electron chi connectivity index (χ4n) is 14.1. The number of carboxylic acids is 1. The van der Waals surface area contributed by atoms with Gasteiger partial charge in [0.15, 0.2) is 18.9 Å². The molecule has 0 saturated carbocycles. The number of nitrogens with one attached hydrogen (secondary N) is 3. The van der Waals surface area contributed by atoms with Crippen LogP contribution in [-0.4, -0.2) is 269 Å². The van der Waals surface area contributed by atoms with Crippen LogP contribution in [0.3, 0.4) is 0 Å². The van der Waals surface area contributed by atoms with E-state index in [0.29, 0.717) is 12.8 Å². The van der Waals surface area contributed by atoms with Gasteiger partial charge >= 0.3 is 5.97 Å². The Kier molecular flexibility index (Phi) is 46.5. The second-order valence-electron chi connectivity index (χ2n) is 28.9. The van der Waals surface area contributed by atoms with Crippen molar-refractivity contribution in [2.75, 3.05) is 33.0 Å². The Morgan fingerprint density at radius 1 is 0.505 bits per heavy atom. The Balaban J connectivity index is 1.46. The fraction of sp³-hybridized carbons (Fsp3) is 0.919. The van der Waals surface area contributed by atoms with Crippen molar-refractivity contribution in [2.45, 2.75) is 399 Å². The number of ether oxygens (including phenoxy) is 8. The molecule has 103 heavy (non-hydrogen) atoms. The van der Waals surface area contributed by atoms with E-state index >= 15 is 0 Å². The molecule has 29 nitrogen and oxygen atoms in total. The zero-order valence-corrected chi connectivity index (χ0v) is 62.0. The third-order valence-corrected chi connectivity index (χ3v) is 20.2. The molecule has 3 amide bonds. The largest absolute Gasteiger partial charge is 0.477 e. The molecular weight excluding hydrogens is 1350 g/mol. The minimum absolute atomic E-state index is 0.163. The Labute approximate surface area is 610 Å². The van der Waals surface area contributed by atoms with Gasteiger partial charge in [0.1, 0.15) is 91.5 Å². The van der Waals surface area contributed by atoms with Gasteiger partial charge in [-0.15, -0.1) is 0 Å². The lowest BCUT2D eigenvalue weighted by Crippen LogP contribution is -2.72. The van der Waals surface area contributed by atoms with Crippen molar-refractivity contribution in [3.8, 4) is 0 Å². The molecule has 0 spiro atoms. The zero-order valence-electron chi connectivity index (χ0n) is 62.0. The van der Waals surface area contributed by atoms with Crippen LogP contribution in [0.4, 0.5) is 0 Å². The van der Waals surface area contributed by atoms with E-state index in [9.17, 15) is 90.7 Å². The first-order valence-electron chi connectivity index (χ1n) is 39.1. The summed E-state index contributed by atoms with van der Waals surface area (Å²) in [5.41, 5.74) is 0. The normalized spacial score (nSPS) is 31.0. The van der Waals surface area contributed by atoms with Crippen molar-refractivity contribution >= 4 is 23.7 Å². The highest BCUT2D eigenvalue weighted by molar-refractivity contribution is 5.77. The third kappa shape index (κ3) is 32.1. The van der Waals surface area contributed by atoms with Crippen LogP contribution in [0.1, 0.15) is 259 Å². The summed E-state index contributed by atoms with van der Waals surface area (Å²) in [7, 11) is 0. The van der Waals surface area contributed by atoms with Gasteiger partial charge in [-0.3, -0.25) is 14.4 Å². The molecule has 23 atom stereocenters. The van der Waals surface area contributed by atoms with Crippen LogP contribution in [0.2, 0.25) is 0 Å². The molecule has 4 heterocycles. The number of carbonyl (C=O) groups excluding carboxylic acids is 3. The number of hydrogen-bond donors (Lipinski definition) is 17. The van der Waals surface area contributed by atoms with Crippen LogP contribution in [0.15, 0.2) is 12.2 Å². The van der Waals surface area contributed by atoms with E-state index in [1.54, 1.807) is 6.08 Å². The third-order valence-electron chi connectivity index (χ3n) is 20.2. The fourth-order valence-corrected chi connectivity index (χ4v) is 14.1. The number of carbonyl (C=O) groups is 4. The summed E-state index contributed by atoms with van der Waals surface area (Å²) < 4.78 is 48.0. The van der Waals surface area contributed by atoms with E-state index < -0.39 is 198 Å². The first-order valence-corrected chi connectivity index (χ1v) is 39.1. The number of aliphatic hydroxyl groups excluding tert-OH is 13. The van der Waals surface area contributed by atoms with Gasteiger partial charge in [0, 0.05) is 26.7 Å². The predicted molar refractivity (Wildman–Crippen MR) is 378 cm³/mol. The lowest BCUT2D eigenvalue weighted by atomic mass is 9.88. The van der Waals surface area contributed by atoms with Gasteiger partial charge in [-0.05, 0) is 19.3 Å². The second kappa shape index (κ2) is 52.0. The second-order valence-corrected chi connectivity index (χ2v) is 28.9. The molecule has 4 aliphatic heterocycles. The van der Waals surface area contributed by atoms with Crippen LogP contribution in [0.5, 0.6) is 0 Å². The van der Waals surface area contributed by atoms with Crippen LogP contribution < -0.4 is 16.0 Å². The van der Waals surface area contributed by atoms with E-state index in [0.717, 1.165) is 65.2 Å². The van der Waals surface area contributed by atoms with Gasteiger partial charge in [-0.1, -0.05) is 225 Å². The van der Waals surface area contributed by atoms with Crippen molar-refractivity contribution in [1.82, 2.24) is 16.0 Å². The van der Waals surface area contributed by atoms with Crippen molar-refractivity contribution in [3.63, 3.8) is 0 Å². The first-order chi connectivity index (χ1) is 49.5. The molecule has 0 aromatic heterocycles. The molecule has 602 valence electrons. The average molecular weight is 1480 g/mol. The van der Waals surface area contributed by atoms with E-state index in [2.05, 4.69) is 29.8 Å². The van der Waals surface area contributed by atoms with Crippen molar-refractivity contribution in [1.29, 1.82) is 0 Å². The summed E-state index contributed by atoms with van der Waals surface area (Å²) in [6, 6.07) is -4.52. The van der Waals surface area contributed by atoms with Gasteiger partial charge in [0.2, 0.25) is 17.7 Å². The SMILES string of the molecule is CCCCCCCCCCCCCC=C[C@@H](O)[C@H](CO[C@@H]1O[C@H](CO)[C@@H](O[C@@H]2O[C@H](CO)[C@H](O[C@@H]3O[C@H](CO)[C@H](O)[C@H](O)[C@H]3NC(C)=O)[C@H](O[C@]3(C(=O)O)C[C@H](O)[C@@H](NC(C)=O)C([C@H](O)[C@H](O)CO)O3)[C@H]2O)[C@H](O)[C@H]1O)NC(=O)CCCCCCCCCCCCCCCCCCCCCCCC. The van der Waals surface area contributed by atoms with E-state index in [4.69, 9.17) is 37.9 Å². The predicted octanol–water partition coefficient (Wildman–Crippen LogP) is 3.86. The monoisotopic (exact) mass is 1480 g/mol. The molecule has 4 fully saturated rings. The quantitative estimate of drug-likeness (QED) is 0.0303. The molecular formula is C74H135N3O26. The van der Waals surface area contributed by atoms with Crippen LogP contribution in [-0.2, 0) is 57.1 Å². The first kappa shape index (κ1) is 92.2. The lowest BCUT2D eigenvalue weighted by molar-refractivity contribution is -0.401. The lowest BCUT2D eigenvalue weighted by Gasteiger charge is -2.52. The minimum Gasteiger partial charge on any atom is -0.477 e. The molecule has 29 heteroatoms. The van der Waals surface area contributed by atoms with Gasteiger partial charge in [0.25, 0.3) is 5.79 Å². The summed E-state index contributed by atoms with van der Waals surface area (Å²) >= 11 is 0. The number of unbranched alkanes of at least 4 members (excludes halogenated alkanes) is 32. The number of allylic oxidation sites excluding steroid dienone is 1. The zero-order chi connectivity index (χ0) is 75.7. The number of rotatable bonds is 56. The molecule has 0 radical (unpaired) electrons. The standard InChI is InChI=1S/C74H135N3O26/c1-5-7-9-11-13-15-17-19-20-21-22-23-24-25-26-27-29-31-33-35-37-39-41-57(87)77-50(51(84)40-38-36-34-32-30-28-18-16-14-12-10-8-6-2)47-96-71-64(92)63(91)66(55(45-80)98-71)100-72-65(93)69(67(56(46-81)99-72)101-70-59(76-49(4)83)62(90)61(89)54(44-79)97-70)103-74(73(94)95)42-52(85)58(75-48(3)82)68(102-74)60(88)53(86)43-78/h38,40,50-56,58-72,78-81,84-86,88-93H,5-37,39,41-47H2,1-4H3,(H,75,82)(H,76,83)(H,77,87)(H,94,95)/t50-,51+,52-,53+,54+,55+,56+,58+,59+,60+,61-,62+,63+,64+,65+,66+,67-,68?,69+,70-,71+,72-,74-/m0/s1. The van der Waals surface area contributed by atoms with Gasteiger partial charge in [-0.25, -0.2) is 4.79 Å². The molecule has 17 N–H and O–H groups in total. The molecule has 0 aromatic rings. The summed E-state index contributed by atoms with van der Waals surface area (Å²) in [4.78, 5) is 52.0. The van der Waals surface area contributed by atoms with Crippen molar-refractivity contribution in [2.24, 2.45) is 0 Å².